The van der Waals surface area contributed by atoms with Crippen molar-refractivity contribution in [2.45, 2.75) is 45.3 Å². The van der Waals surface area contributed by atoms with Crippen molar-refractivity contribution >= 4 is 0 Å². The third-order valence-corrected chi connectivity index (χ3v) is 6.21. The van der Waals surface area contributed by atoms with E-state index in [1.54, 1.807) is 6.07 Å². The molecule has 1 saturated heterocycles. The highest BCUT2D eigenvalue weighted by molar-refractivity contribution is 5.37. The summed E-state index contributed by atoms with van der Waals surface area (Å²) in [7, 11) is 0. The van der Waals surface area contributed by atoms with E-state index in [1.165, 1.54) is 11.6 Å². The standard InChI is InChI=1S/C27H31FN2O2/c1-2-32-27-10-8-21(16-24(27)19-31)18-30-13-11-22(12-14-30)26-9-7-20(17-29-26)15-23-5-3-4-6-25(23)28/h3-10,16-17,22,31H,2,11-15,18-19H2,1H3. The number of hydrogen-bond acceptors (Lipinski definition) is 4. The van der Waals surface area contributed by atoms with Crippen LogP contribution < -0.4 is 4.74 Å². The van der Waals surface area contributed by atoms with Crippen LogP contribution in [0.1, 0.15) is 53.6 Å². The summed E-state index contributed by atoms with van der Waals surface area (Å²) < 4.78 is 19.5. The Kier molecular flexibility index (Phi) is 7.51. The molecule has 2 heterocycles. The molecular weight excluding hydrogens is 403 g/mol. The first kappa shape index (κ1) is 22.4. The summed E-state index contributed by atoms with van der Waals surface area (Å²) in [5.41, 5.74) is 4.91. The normalized spacial score (nSPS) is 15.1. The van der Waals surface area contributed by atoms with Gasteiger partial charge in [-0.2, -0.15) is 0 Å². The molecule has 0 unspecified atom stereocenters. The predicted molar refractivity (Wildman–Crippen MR) is 124 cm³/mol. The lowest BCUT2D eigenvalue weighted by molar-refractivity contribution is 0.203. The van der Waals surface area contributed by atoms with Crippen LogP contribution in [0, 0.1) is 5.82 Å². The number of halogens is 1. The molecule has 0 bridgehead atoms. The fourth-order valence-corrected chi connectivity index (χ4v) is 4.44. The molecule has 3 aromatic rings. The molecule has 0 radical (unpaired) electrons. The van der Waals surface area contributed by atoms with Gasteiger partial charge in [-0.25, -0.2) is 4.39 Å². The van der Waals surface area contributed by atoms with Crippen LogP contribution in [-0.2, 0) is 19.6 Å². The van der Waals surface area contributed by atoms with Gasteiger partial charge in [-0.3, -0.25) is 9.88 Å². The van der Waals surface area contributed by atoms with Gasteiger partial charge in [-0.15, -0.1) is 0 Å². The number of likely N-dealkylation sites (tertiary alicyclic amines) is 1. The number of nitrogens with zero attached hydrogens (tertiary/aromatic N) is 2. The number of hydrogen-bond donors (Lipinski definition) is 1. The van der Waals surface area contributed by atoms with E-state index in [0.717, 1.165) is 55.0 Å². The van der Waals surface area contributed by atoms with Crippen LogP contribution in [0.4, 0.5) is 4.39 Å². The van der Waals surface area contributed by atoms with Crippen LogP contribution in [0.15, 0.2) is 60.8 Å². The van der Waals surface area contributed by atoms with Crippen LogP contribution in [0.25, 0.3) is 0 Å². The number of aliphatic hydroxyl groups excluding tert-OH is 1. The van der Waals surface area contributed by atoms with Crippen molar-refractivity contribution in [3.8, 4) is 5.75 Å². The van der Waals surface area contributed by atoms with Crippen LogP contribution in [0.2, 0.25) is 0 Å². The van der Waals surface area contributed by atoms with E-state index in [9.17, 15) is 9.50 Å². The highest BCUT2D eigenvalue weighted by Crippen LogP contribution is 2.28. The van der Waals surface area contributed by atoms with E-state index in [2.05, 4.69) is 23.1 Å². The maximum Gasteiger partial charge on any atom is 0.126 e. The monoisotopic (exact) mass is 434 g/mol. The average molecular weight is 435 g/mol. The second-order valence-corrected chi connectivity index (χ2v) is 8.44. The van der Waals surface area contributed by atoms with Crippen molar-refractivity contribution in [1.82, 2.24) is 9.88 Å². The maximum atomic E-state index is 13.9. The molecule has 2 aromatic carbocycles. The first-order chi connectivity index (χ1) is 15.7. The number of benzene rings is 2. The number of aliphatic hydroxyl groups is 1. The molecule has 1 N–H and O–H groups in total. The molecule has 4 rings (SSSR count). The average Bonchev–Trinajstić information content (AvgIpc) is 2.83. The van der Waals surface area contributed by atoms with Gasteiger partial charge in [0.05, 0.1) is 13.2 Å². The lowest BCUT2D eigenvalue weighted by Gasteiger charge is -2.32. The molecule has 168 valence electrons. The van der Waals surface area contributed by atoms with Crippen molar-refractivity contribution in [2.75, 3.05) is 19.7 Å². The molecule has 0 spiro atoms. The molecule has 0 atom stereocenters. The van der Waals surface area contributed by atoms with Crippen molar-refractivity contribution in [2.24, 2.45) is 0 Å². The van der Waals surface area contributed by atoms with E-state index >= 15 is 0 Å². The lowest BCUT2D eigenvalue weighted by atomic mass is 9.92. The Labute approximate surface area is 189 Å². The van der Waals surface area contributed by atoms with Crippen molar-refractivity contribution in [3.63, 3.8) is 0 Å². The van der Waals surface area contributed by atoms with Gasteiger partial charge in [0.1, 0.15) is 11.6 Å². The summed E-state index contributed by atoms with van der Waals surface area (Å²) in [6.45, 7) is 5.45. The first-order valence-electron chi connectivity index (χ1n) is 11.4. The van der Waals surface area contributed by atoms with E-state index in [4.69, 9.17) is 9.72 Å². The molecule has 0 amide bonds. The van der Waals surface area contributed by atoms with Gasteiger partial charge in [0, 0.05) is 36.3 Å². The Hall–Kier alpha value is -2.76. The lowest BCUT2D eigenvalue weighted by Crippen LogP contribution is -2.32. The quantitative estimate of drug-likeness (QED) is 0.537. The fraction of sp³-hybridized carbons (Fsp3) is 0.370. The second kappa shape index (κ2) is 10.7. The molecule has 32 heavy (non-hydrogen) atoms. The third-order valence-electron chi connectivity index (χ3n) is 6.21. The summed E-state index contributed by atoms with van der Waals surface area (Å²) in [5, 5.41) is 9.63. The molecule has 1 fully saturated rings. The smallest absolute Gasteiger partial charge is 0.126 e. The van der Waals surface area contributed by atoms with Crippen LogP contribution >= 0.6 is 0 Å². The van der Waals surface area contributed by atoms with Crippen LogP contribution in [-0.4, -0.2) is 34.7 Å². The molecule has 1 aliphatic rings. The van der Waals surface area contributed by atoms with Gasteiger partial charge in [0.25, 0.3) is 0 Å². The number of aromatic nitrogens is 1. The molecule has 1 aromatic heterocycles. The van der Waals surface area contributed by atoms with Crippen LogP contribution in [0.3, 0.4) is 0 Å². The minimum atomic E-state index is -0.164. The van der Waals surface area contributed by atoms with E-state index < -0.39 is 0 Å². The van der Waals surface area contributed by atoms with E-state index in [0.29, 0.717) is 24.5 Å². The minimum Gasteiger partial charge on any atom is -0.494 e. The maximum absolute atomic E-state index is 13.9. The Balaban J connectivity index is 1.31. The number of rotatable bonds is 8. The Bertz CT molecular complexity index is 1010. The largest absolute Gasteiger partial charge is 0.494 e. The summed E-state index contributed by atoms with van der Waals surface area (Å²) >= 11 is 0. The van der Waals surface area contributed by atoms with Crippen molar-refractivity contribution in [3.05, 3.63) is 94.6 Å². The highest BCUT2D eigenvalue weighted by Gasteiger charge is 2.22. The molecule has 5 heteroatoms. The summed E-state index contributed by atoms with van der Waals surface area (Å²) in [5.74, 6) is 1.06. The Morgan fingerprint density at radius 1 is 1.03 bits per heavy atom. The highest BCUT2D eigenvalue weighted by atomic mass is 19.1. The third kappa shape index (κ3) is 5.53. The number of pyridine rings is 1. The zero-order valence-corrected chi connectivity index (χ0v) is 18.6. The van der Waals surface area contributed by atoms with E-state index in [-0.39, 0.29) is 12.4 Å². The van der Waals surface area contributed by atoms with Crippen LogP contribution in [0.5, 0.6) is 5.75 Å². The number of ether oxygens (including phenoxy) is 1. The van der Waals surface area contributed by atoms with Gasteiger partial charge in [0.15, 0.2) is 0 Å². The molecule has 4 nitrogen and oxygen atoms in total. The minimum absolute atomic E-state index is 0.0101. The van der Waals surface area contributed by atoms with Gasteiger partial charge in [-0.1, -0.05) is 30.3 Å². The molecular formula is C27H31FN2O2. The fourth-order valence-electron chi connectivity index (χ4n) is 4.44. The van der Waals surface area contributed by atoms with Gasteiger partial charge in [-0.05, 0) is 73.8 Å². The first-order valence-corrected chi connectivity index (χ1v) is 11.4. The zero-order chi connectivity index (χ0) is 22.3. The molecule has 0 aliphatic carbocycles. The Morgan fingerprint density at radius 3 is 2.50 bits per heavy atom. The van der Waals surface area contributed by atoms with Gasteiger partial charge >= 0.3 is 0 Å². The SMILES string of the molecule is CCOc1ccc(CN2CCC(c3ccc(Cc4ccccc4F)cn3)CC2)cc1CO. The van der Waals surface area contributed by atoms with Gasteiger partial charge in [0.2, 0.25) is 0 Å². The van der Waals surface area contributed by atoms with Crippen molar-refractivity contribution < 1.29 is 14.2 Å². The molecule has 1 aliphatic heterocycles. The predicted octanol–water partition coefficient (Wildman–Crippen LogP) is 5.08. The second-order valence-electron chi connectivity index (χ2n) is 8.44. The molecule has 0 saturated carbocycles. The van der Waals surface area contributed by atoms with Crippen molar-refractivity contribution in [1.29, 1.82) is 0 Å². The number of piperidine rings is 1. The Morgan fingerprint density at radius 2 is 1.81 bits per heavy atom. The zero-order valence-electron chi connectivity index (χ0n) is 18.6. The van der Waals surface area contributed by atoms with Gasteiger partial charge < -0.3 is 9.84 Å². The summed E-state index contributed by atoms with van der Waals surface area (Å²) in [6.07, 6.45) is 4.61. The topological polar surface area (TPSA) is 45.6 Å². The van der Waals surface area contributed by atoms with E-state index in [1.807, 2.05) is 37.4 Å². The summed E-state index contributed by atoms with van der Waals surface area (Å²) in [6, 6.07) is 17.2. The summed E-state index contributed by atoms with van der Waals surface area (Å²) in [4.78, 5) is 7.16.